The molecule has 3 aromatic rings. The highest BCUT2D eigenvalue weighted by atomic mass is 16.4. The molecule has 38 heteroatoms. The van der Waals surface area contributed by atoms with E-state index in [9.17, 15) is 77.3 Å². The molecule has 4 saturated heterocycles. The molecule has 38 nitrogen and oxygen atoms in total. The SMILES string of the molecule is CCCC[C@H](NC(=O)[C@@H]1CCCN1C(=O)CNC(=O)[C@H](CCCCN)NC(=O)[C@H](Cc1cnc[nH]1)NC(=O)[C@H](CO)NC(=O)[C@H](CC(C)C)NC(=O)[C@H](CCCN=C(N)N)NC(=O)[C@@H]1CCCN1C(=O)[C@H](CCCN=C(N)N)NC(=O)[C@@H]1CCC(=O)N1)C(=O)N1CCC[C@H]1C(=O)N[C@@H](CC1c2ccccc2Cc2ccccc21)C(=O)O. The Labute approximate surface area is 673 Å². The van der Waals surface area contributed by atoms with Crippen molar-refractivity contribution in [3.05, 3.63) is 89.0 Å². The highest BCUT2D eigenvalue weighted by molar-refractivity contribution is 6.00. The summed E-state index contributed by atoms with van der Waals surface area (Å²) in [6.07, 6.45) is 7.68. The van der Waals surface area contributed by atoms with E-state index in [0.29, 0.717) is 57.1 Å². The molecule has 2 aromatic carbocycles. The molecule has 8 rings (SSSR count). The summed E-state index contributed by atoms with van der Waals surface area (Å²) in [6, 6.07) is 0.498. The summed E-state index contributed by atoms with van der Waals surface area (Å²) in [6.45, 7) is 4.49. The molecule has 12 atom stereocenters. The Morgan fingerprint density at radius 1 is 0.560 bits per heavy atom. The second-order valence-electron chi connectivity index (χ2n) is 30.6. The van der Waals surface area contributed by atoms with Crippen LogP contribution in [0, 0.1) is 5.92 Å². The number of aromatic nitrogens is 2. The highest BCUT2D eigenvalue weighted by Gasteiger charge is 2.45. The largest absolute Gasteiger partial charge is 0.480 e. The number of hydrogen-bond donors (Lipinski definition) is 18. The summed E-state index contributed by atoms with van der Waals surface area (Å²) in [5.41, 5.74) is 32.5. The van der Waals surface area contributed by atoms with Gasteiger partial charge in [0.1, 0.15) is 72.5 Å². The van der Waals surface area contributed by atoms with Gasteiger partial charge in [0.25, 0.3) is 0 Å². The maximum atomic E-state index is 14.6. The molecule has 13 amide bonds. The molecule has 0 saturated carbocycles. The highest BCUT2D eigenvalue weighted by Crippen LogP contribution is 2.39. The van der Waals surface area contributed by atoms with Crippen LogP contribution in [-0.4, -0.2) is 254 Å². The number of aliphatic hydroxyl groups is 1. The van der Waals surface area contributed by atoms with Gasteiger partial charge in [-0.2, -0.15) is 0 Å². The number of fused-ring (bicyclic) bond motifs is 2. The Kier molecular flexibility index (Phi) is 34.6. The van der Waals surface area contributed by atoms with E-state index < -0.39 is 163 Å². The van der Waals surface area contributed by atoms with Crippen LogP contribution in [0.2, 0.25) is 0 Å². The Balaban J connectivity index is 0.890. The van der Waals surface area contributed by atoms with Crippen LogP contribution in [0.25, 0.3) is 0 Å². The molecule has 23 N–H and O–H groups in total. The Morgan fingerprint density at radius 3 is 1.56 bits per heavy atom. The number of guanidine groups is 2. The van der Waals surface area contributed by atoms with Crippen LogP contribution in [0.1, 0.15) is 183 Å². The van der Waals surface area contributed by atoms with Crippen LogP contribution < -0.4 is 81.8 Å². The zero-order chi connectivity index (χ0) is 84.1. The number of carboxylic acids is 1. The predicted octanol–water partition coefficient (Wildman–Crippen LogP) is -3.13. The molecule has 0 radical (unpaired) electrons. The van der Waals surface area contributed by atoms with Gasteiger partial charge in [0.15, 0.2) is 11.9 Å². The molecule has 0 bridgehead atoms. The van der Waals surface area contributed by atoms with Crippen molar-refractivity contribution in [3.8, 4) is 0 Å². The van der Waals surface area contributed by atoms with Crippen molar-refractivity contribution in [1.82, 2.24) is 77.8 Å². The molecule has 116 heavy (non-hydrogen) atoms. The number of imidazole rings is 1. The van der Waals surface area contributed by atoms with Gasteiger partial charge in [0.05, 0.1) is 19.5 Å². The van der Waals surface area contributed by atoms with Gasteiger partial charge in [-0.3, -0.25) is 72.3 Å². The number of amides is 13. The fourth-order valence-corrected chi connectivity index (χ4v) is 15.5. The van der Waals surface area contributed by atoms with Crippen LogP contribution in [0.4, 0.5) is 0 Å². The standard InChI is InChI=1S/C78H116N22O16/c1-4-5-21-54(74(113)100-35-16-27-62(100)73(112)96-58(76(115)116)39-50-48-19-8-6-17-45(48)37-46-18-7-9-20-49(46)50)93-71(110)60-25-14-33-98(60)64(103)41-87-65(104)51(22-10-11-30-79)90-69(108)57(38-47-40-84-43-88-47)95-70(109)59(42-101)97-68(107)56(36-44(2)3)94-66(105)52(23-12-31-85-77(80)81)91-72(111)61-26-15-34-99(61)75(114)55(24-13-32-86-78(82)83)92-67(106)53-28-29-63(102)89-53/h6-9,17-20,40,43-44,50-62,101H,4-5,10-16,21-39,41-42,79H2,1-3H3,(H,84,88)(H,87,104)(H,89,102)(H,90,108)(H,91,111)(H,92,106)(H,93,110)(H,94,105)(H,95,109)(H,96,112)(H,97,107)(H,115,116)(H4,80,81,85)(H4,82,83,86)/t51-,52-,53-,54-,55-,56-,57-,58-,59-,60-,61-,62-/m0/s1. The van der Waals surface area contributed by atoms with Crippen LogP contribution in [-0.2, 0) is 80.0 Å². The van der Waals surface area contributed by atoms with Gasteiger partial charge in [0, 0.05) is 63.4 Å². The molecule has 4 fully saturated rings. The molecule has 634 valence electrons. The average molecular weight is 1620 g/mol. The number of unbranched alkanes of at least 4 members (excludes halogenated alkanes) is 2. The Hall–Kier alpha value is -11.3. The minimum absolute atomic E-state index is 0.00731. The molecule has 5 aliphatic rings. The van der Waals surface area contributed by atoms with Gasteiger partial charge in [-0.05, 0) is 150 Å². The van der Waals surface area contributed by atoms with Gasteiger partial charge in [-0.1, -0.05) is 82.1 Å². The van der Waals surface area contributed by atoms with Crippen molar-refractivity contribution in [2.45, 2.75) is 240 Å². The number of benzene rings is 2. The fraction of sp³-hybridized carbons (Fsp3) is 0.603. The molecule has 5 heterocycles. The zero-order valence-electron chi connectivity index (χ0n) is 66.2. The van der Waals surface area contributed by atoms with E-state index in [1.807, 2.05) is 55.5 Å². The number of aromatic amines is 1. The van der Waals surface area contributed by atoms with Crippen molar-refractivity contribution in [1.29, 1.82) is 0 Å². The lowest BCUT2D eigenvalue weighted by Crippen LogP contribution is -2.61. The van der Waals surface area contributed by atoms with E-state index >= 15 is 0 Å². The molecule has 1 aromatic heterocycles. The number of nitrogens with one attached hydrogen (secondary N) is 11. The first-order chi connectivity index (χ1) is 55.6. The van der Waals surface area contributed by atoms with E-state index in [2.05, 4.69) is 73.1 Å². The number of rotatable bonds is 44. The number of nitrogens with two attached hydrogens (primary N) is 5. The van der Waals surface area contributed by atoms with Crippen molar-refractivity contribution in [2.75, 3.05) is 52.4 Å². The third kappa shape index (κ3) is 25.8. The molecule has 4 aliphatic heterocycles. The first-order valence-corrected chi connectivity index (χ1v) is 40.3. The van der Waals surface area contributed by atoms with Crippen LogP contribution in [0.5, 0.6) is 0 Å². The topological polar surface area (TPSA) is 593 Å². The number of aliphatic carboxylic acids is 1. The second kappa shape index (κ2) is 44.5. The lowest BCUT2D eigenvalue weighted by Gasteiger charge is -2.32. The lowest BCUT2D eigenvalue weighted by molar-refractivity contribution is -0.145. The van der Waals surface area contributed by atoms with E-state index in [4.69, 9.17) is 28.7 Å². The number of H-pyrrole nitrogens is 1. The van der Waals surface area contributed by atoms with Crippen LogP contribution >= 0.6 is 0 Å². The summed E-state index contributed by atoms with van der Waals surface area (Å²) in [7, 11) is 0. The zero-order valence-corrected chi connectivity index (χ0v) is 66.2. The number of carbonyl (C=O) groups excluding carboxylic acids is 13. The van der Waals surface area contributed by atoms with Crippen LogP contribution in [0.3, 0.4) is 0 Å². The van der Waals surface area contributed by atoms with E-state index in [-0.39, 0.29) is 159 Å². The summed E-state index contributed by atoms with van der Waals surface area (Å²) >= 11 is 0. The smallest absolute Gasteiger partial charge is 0.326 e. The van der Waals surface area contributed by atoms with Gasteiger partial charge >= 0.3 is 5.97 Å². The first-order valence-electron chi connectivity index (χ1n) is 40.3. The predicted molar refractivity (Wildman–Crippen MR) is 425 cm³/mol. The number of aliphatic imine (C=N–C) groups is 2. The molecular weight excluding hydrogens is 1500 g/mol. The molecule has 1 aliphatic carbocycles. The summed E-state index contributed by atoms with van der Waals surface area (Å²) < 4.78 is 0. The van der Waals surface area contributed by atoms with Crippen molar-refractivity contribution < 1.29 is 77.3 Å². The quantitative estimate of drug-likeness (QED) is 0.0151. The van der Waals surface area contributed by atoms with Gasteiger partial charge in [-0.25, -0.2) is 9.78 Å². The third-order valence-corrected chi connectivity index (χ3v) is 21.6. The minimum atomic E-state index is -1.77. The molecule has 0 spiro atoms. The average Bonchev–Trinajstić information content (AvgIpc) is 0.958. The third-order valence-electron chi connectivity index (χ3n) is 21.6. The second-order valence-corrected chi connectivity index (χ2v) is 30.6. The number of carboxylic acid groups (broad SMARTS) is 1. The Morgan fingerprint density at radius 2 is 1.03 bits per heavy atom. The first kappa shape index (κ1) is 90.2. The van der Waals surface area contributed by atoms with E-state index in [1.54, 1.807) is 13.8 Å². The fourth-order valence-electron chi connectivity index (χ4n) is 15.5. The number of likely N-dealkylation sites (tertiary alicyclic amines) is 3. The van der Waals surface area contributed by atoms with Gasteiger partial charge < -0.3 is 112 Å². The normalized spacial score (nSPS) is 19.0. The number of hydrogen-bond acceptors (Lipinski definition) is 19. The van der Waals surface area contributed by atoms with Crippen molar-refractivity contribution >= 4 is 94.7 Å². The Bertz CT molecular complexity index is 3960. The van der Waals surface area contributed by atoms with E-state index in [1.165, 1.54) is 27.2 Å². The maximum absolute atomic E-state index is 14.6. The monoisotopic (exact) mass is 1620 g/mol. The van der Waals surface area contributed by atoms with Crippen molar-refractivity contribution in [2.24, 2.45) is 44.6 Å². The van der Waals surface area contributed by atoms with E-state index in [0.717, 1.165) is 22.3 Å². The number of aliphatic hydroxyl groups excluding tert-OH is 1. The van der Waals surface area contributed by atoms with Crippen molar-refractivity contribution in [3.63, 3.8) is 0 Å². The lowest BCUT2D eigenvalue weighted by atomic mass is 9.75. The summed E-state index contributed by atoms with van der Waals surface area (Å²) in [5, 5.41) is 48.0. The maximum Gasteiger partial charge on any atom is 0.326 e. The summed E-state index contributed by atoms with van der Waals surface area (Å²) in [5.74, 6) is -11.6. The molecule has 0 unspecified atom stereocenters. The van der Waals surface area contributed by atoms with Gasteiger partial charge in [-0.15, -0.1) is 0 Å². The minimum Gasteiger partial charge on any atom is -0.480 e. The van der Waals surface area contributed by atoms with Gasteiger partial charge in [0.2, 0.25) is 76.8 Å². The van der Waals surface area contributed by atoms with Crippen LogP contribution in [0.15, 0.2) is 71.0 Å². The number of nitrogens with zero attached hydrogens (tertiary/aromatic N) is 6. The molecular formula is C78H116N22O16. The summed E-state index contributed by atoms with van der Waals surface area (Å²) in [4.78, 5) is 216. The number of carbonyl (C=O) groups is 14.